The Bertz CT molecular complexity index is 695. The molecule has 1 amide bonds. The van der Waals surface area contributed by atoms with E-state index in [2.05, 4.69) is 21.7 Å². The SMILES string of the molecule is Cc1nc(CCCC(=O)NC2CCCc3cc(N)ccc32)cs1. The molecular weight excluding hydrogens is 306 g/mol. The molecule has 5 heteroatoms. The van der Waals surface area contributed by atoms with Gasteiger partial charge in [0.15, 0.2) is 0 Å². The van der Waals surface area contributed by atoms with Crippen molar-refractivity contribution in [2.24, 2.45) is 0 Å². The van der Waals surface area contributed by atoms with E-state index in [9.17, 15) is 4.79 Å². The Morgan fingerprint density at radius 1 is 1.48 bits per heavy atom. The number of aromatic nitrogens is 1. The van der Waals surface area contributed by atoms with Gasteiger partial charge in [0.05, 0.1) is 16.7 Å². The van der Waals surface area contributed by atoms with Crippen LogP contribution in [0.15, 0.2) is 23.6 Å². The van der Waals surface area contributed by atoms with E-state index in [1.165, 1.54) is 11.1 Å². The Morgan fingerprint density at radius 2 is 2.35 bits per heavy atom. The van der Waals surface area contributed by atoms with Gasteiger partial charge in [-0.15, -0.1) is 11.3 Å². The lowest BCUT2D eigenvalue weighted by molar-refractivity contribution is -0.122. The fourth-order valence-electron chi connectivity index (χ4n) is 3.20. The van der Waals surface area contributed by atoms with Gasteiger partial charge in [-0.05, 0) is 62.3 Å². The monoisotopic (exact) mass is 329 g/mol. The van der Waals surface area contributed by atoms with Crippen LogP contribution < -0.4 is 11.1 Å². The van der Waals surface area contributed by atoms with Gasteiger partial charge in [0.2, 0.25) is 5.91 Å². The number of hydrogen-bond donors (Lipinski definition) is 2. The number of anilines is 1. The van der Waals surface area contributed by atoms with E-state index < -0.39 is 0 Å². The largest absolute Gasteiger partial charge is 0.399 e. The molecule has 3 N–H and O–H groups in total. The first-order valence-electron chi connectivity index (χ1n) is 8.20. The molecule has 1 aliphatic carbocycles. The highest BCUT2D eigenvalue weighted by Crippen LogP contribution is 2.31. The van der Waals surface area contributed by atoms with Crippen molar-refractivity contribution in [3.63, 3.8) is 0 Å². The summed E-state index contributed by atoms with van der Waals surface area (Å²) >= 11 is 1.66. The summed E-state index contributed by atoms with van der Waals surface area (Å²) in [5.41, 5.74) is 10.3. The number of carbonyl (C=O) groups is 1. The number of nitrogens with two attached hydrogens (primary N) is 1. The van der Waals surface area contributed by atoms with Crippen LogP contribution in [-0.4, -0.2) is 10.9 Å². The molecule has 0 bridgehead atoms. The van der Waals surface area contributed by atoms with E-state index in [1.54, 1.807) is 11.3 Å². The topological polar surface area (TPSA) is 68.0 Å². The summed E-state index contributed by atoms with van der Waals surface area (Å²) in [4.78, 5) is 16.7. The fourth-order valence-corrected chi connectivity index (χ4v) is 3.85. The number of nitrogens with zero attached hydrogens (tertiary/aromatic N) is 1. The maximum atomic E-state index is 12.2. The second-order valence-electron chi connectivity index (χ2n) is 6.18. The molecule has 1 heterocycles. The van der Waals surface area contributed by atoms with Gasteiger partial charge in [-0.1, -0.05) is 6.07 Å². The quantitative estimate of drug-likeness (QED) is 0.824. The number of carbonyl (C=O) groups excluding carboxylic acids is 1. The van der Waals surface area contributed by atoms with Gasteiger partial charge in [-0.3, -0.25) is 4.79 Å². The highest BCUT2D eigenvalue weighted by Gasteiger charge is 2.21. The predicted molar refractivity (Wildman–Crippen MR) is 94.5 cm³/mol. The van der Waals surface area contributed by atoms with Gasteiger partial charge < -0.3 is 11.1 Å². The number of nitrogens with one attached hydrogen (secondary N) is 1. The average molecular weight is 329 g/mol. The summed E-state index contributed by atoms with van der Waals surface area (Å²) < 4.78 is 0. The number of hydrogen-bond acceptors (Lipinski definition) is 4. The molecule has 0 spiro atoms. The number of benzene rings is 1. The zero-order valence-corrected chi connectivity index (χ0v) is 14.3. The number of rotatable bonds is 5. The number of fused-ring (bicyclic) bond motifs is 1. The van der Waals surface area contributed by atoms with Crippen molar-refractivity contribution in [3.05, 3.63) is 45.4 Å². The Kier molecular flexibility index (Phi) is 4.96. The van der Waals surface area contributed by atoms with Crippen LogP contribution >= 0.6 is 11.3 Å². The molecule has 3 rings (SSSR count). The van der Waals surface area contributed by atoms with E-state index in [0.29, 0.717) is 6.42 Å². The van der Waals surface area contributed by atoms with Crippen molar-refractivity contribution >= 4 is 22.9 Å². The van der Waals surface area contributed by atoms with Crippen LogP contribution in [0.3, 0.4) is 0 Å². The molecule has 0 fully saturated rings. The van der Waals surface area contributed by atoms with Crippen molar-refractivity contribution in [1.29, 1.82) is 0 Å². The van der Waals surface area contributed by atoms with E-state index in [0.717, 1.165) is 48.5 Å². The Labute approximate surface area is 141 Å². The van der Waals surface area contributed by atoms with Gasteiger partial charge in [-0.2, -0.15) is 0 Å². The number of thiazole rings is 1. The third-order valence-electron chi connectivity index (χ3n) is 4.32. The van der Waals surface area contributed by atoms with Crippen LogP contribution in [0, 0.1) is 6.92 Å². The summed E-state index contributed by atoms with van der Waals surface area (Å²) in [6.07, 6.45) is 5.42. The van der Waals surface area contributed by atoms with Gasteiger partial charge in [0, 0.05) is 17.5 Å². The van der Waals surface area contributed by atoms with Crippen LogP contribution in [-0.2, 0) is 17.6 Å². The second-order valence-corrected chi connectivity index (χ2v) is 7.24. The molecule has 0 radical (unpaired) electrons. The minimum atomic E-state index is 0.131. The molecule has 23 heavy (non-hydrogen) atoms. The van der Waals surface area contributed by atoms with E-state index in [-0.39, 0.29) is 11.9 Å². The maximum absolute atomic E-state index is 12.2. The maximum Gasteiger partial charge on any atom is 0.220 e. The van der Waals surface area contributed by atoms with E-state index >= 15 is 0 Å². The van der Waals surface area contributed by atoms with Crippen molar-refractivity contribution in [2.75, 3.05) is 5.73 Å². The molecule has 0 aliphatic heterocycles. The van der Waals surface area contributed by atoms with Crippen LogP contribution in [0.2, 0.25) is 0 Å². The first kappa shape index (κ1) is 16.0. The Balaban J connectivity index is 1.52. The zero-order chi connectivity index (χ0) is 16.2. The Hall–Kier alpha value is -1.88. The van der Waals surface area contributed by atoms with Crippen molar-refractivity contribution in [3.8, 4) is 0 Å². The number of aryl methyl sites for hydroxylation is 3. The highest BCUT2D eigenvalue weighted by molar-refractivity contribution is 7.09. The van der Waals surface area contributed by atoms with Gasteiger partial charge >= 0.3 is 0 Å². The van der Waals surface area contributed by atoms with Gasteiger partial charge in [0.25, 0.3) is 0 Å². The molecule has 0 saturated carbocycles. The standard InChI is InChI=1S/C18H23N3OS/c1-12-20-15(11-23-12)5-3-7-18(22)21-17-6-2-4-13-10-14(19)8-9-16(13)17/h8-11,17H,2-7,19H2,1H3,(H,21,22). The van der Waals surface area contributed by atoms with Crippen molar-refractivity contribution < 1.29 is 4.79 Å². The summed E-state index contributed by atoms with van der Waals surface area (Å²) in [6.45, 7) is 2.01. The normalized spacial score (nSPS) is 16.8. The third kappa shape index (κ3) is 4.10. The van der Waals surface area contributed by atoms with Crippen molar-refractivity contribution in [2.45, 2.75) is 51.5 Å². The van der Waals surface area contributed by atoms with Crippen LogP contribution in [0.4, 0.5) is 5.69 Å². The summed E-state index contributed by atoms with van der Waals surface area (Å²) in [7, 11) is 0. The lowest BCUT2D eigenvalue weighted by atomic mass is 9.87. The molecule has 2 aromatic rings. The molecule has 1 aromatic carbocycles. The highest BCUT2D eigenvalue weighted by atomic mass is 32.1. The van der Waals surface area contributed by atoms with E-state index in [1.807, 2.05) is 19.1 Å². The van der Waals surface area contributed by atoms with Gasteiger partial charge in [-0.25, -0.2) is 4.98 Å². The molecule has 122 valence electrons. The molecule has 4 nitrogen and oxygen atoms in total. The summed E-state index contributed by atoms with van der Waals surface area (Å²) in [6, 6.07) is 6.16. The van der Waals surface area contributed by atoms with Crippen molar-refractivity contribution in [1.82, 2.24) is 10.3 Å². The van der Waals surface area contributed by atoms with E-state index in [4.69, 9.17) is 5.73 Å². The van der Waals surface area contributed by atoms with Gasteiger partial charge in [0.1, 0.15) is 0 Å². The summed E-state index contributed by atoms with van der Waals surface area (Å²) in [5.74, 6) is 0.131. The smallest absolute Gasteiger partial charge is 0.220 e. The first-order valence-corrected chi connectivity index (χ1v) is 9.08. The zero-order valence-electron chi connectivity index (χ0n) is 13.5. The van der Waals surface area contributed by atoms with Crippen LogP contribution in [0.1, 0.15) is 53.6 Å². The average Bonchev–Trinajstić information content (AvgIpc) is 2.92. The van der Waals surface area contributed by atoms with Crippen LogP contribution in [0.25, 0.3) is 0 Å². The molecule has 1 aromatic heterocycles. The predicted octanol–water partition coefficient (Wildman–Crippen LogP) is 3.55. The second kappa shape index (κ2) is 7.13. The summed E-state index contributed by atoms with van der Waals surface area (Å²) in [5, 5.41) is 6.35. The lowest BCUT2D eigenvalue weighted by Crippen LogP contribution is -2.30. The third-order valence-corrected chi connectivity index (χ3v) is 5.14. The molecule has 0 saturated heterocycles. The molecule has 1 aliphatic rings. The van der Waals surface area contributed by atoms with Crippen LogP contribution in [0.5, 0.6) is 0 Å². The first-order chi connectivity index (χ1) is 11.1. The number of amides is 1. The number of nitrogen functional groups attached to an aromatic ring is 1. The molecule has 1 unspecified atom stereocenters. The lowest BCUT2D eigenvalue weighted by Gasteiger charge is -2.26. The molecule has 1 atom stereocenters. The minimum absolute atomic E-state index is 0.131. The Morgan fingerprint density at radius 3 is 3.13 bits per heavy atom. The minimum Gasteiger partial charge on any atom is -0.399 e. The fraction of sp³-hybridized carbons (Fsp3) is 0.444. The molecular formula is C18H23N3OS.